The third-order valence-corrected chi connectivity index (χ3v) is 4.01. The number of aryl methyl sites for hydroxylation is 2. The molecule has 118 valence electrons. The second kappa shape index (κ2) is 6.79. The summed E-state index contributed by atoms with van der Waals surface area (Å²) in [5.41, 5.74) is 3.48. The lowest BCUT2D eigenvalue weighted by Crippen LogP contribution is -2.05. The molecule has 0 amide bonds. The SMILES string of the molecule is CCc1ccc(OCc2n[nH]c(=S)n2-c2ccc(C)cc2)cc1. The van der Waals surface area contributed by atoms with E-state index in [4.69, 9.17) is 17.0 Å². The molecule has 3 rings (SSSR count). The highest BCUT2D eigenvalue weighted by Gasteiger charge is 2.09. The van der Waals surface area contributed by atoms with Crippen molar-refractivity contribution < 1.29 is 4.74 Å². The van der Waals surface area contributed by atoms with E-state index in [0.29, 0.717) is 11.4 Å². The van der Waals surface area contributed by atoms with Gasteiger partial charge in [0.25, 0.3) is 0 Å². The number of aromatic amines is 1. The zero-order valence-electron chi connectivity index (χ0n) is 13.2. The Bertz CT molecular complexity index is 832. The fraction of sp³-hybridized carbons (Fsp3) is 0.222. The number of ether oxygens (including phenoxy) is 1. The monoisotopic (exact) mass is 325 g/mol. The van der Waals surface area contributed by atoms with Gasteiger partial charge in [0.05, 0.1) is 0 Å². The van der Waals surface area contributed by atoms with E-state index in [9.17, 15) is 0 Å². The van der Waals surface area contributed by atoms with E-state index in [1.807, 2.05) is 28.8 Å². The first-order chi connectivity index (χ1) is 11.2. The predicted molar refractivity (Wildman–Crippen MR) is 93.6 cm³/mol. The molecule has 0 radical (unpaired) electrons. The van der Waals surface area contributed by atoms with E-state index in [2.05, 4.69) is 48.3 Å². The molecule has 0 atom stereocenters. The van der Waals surface area contributed by atoms with Crippen LogP contribution in [-0.4, -0.2) is 14.8 Å². The Balaban J connectivity index is 1.80. The number of H-pyrrole nitrogens is 1. The maximum atomic E-state index is 5.84. The number of aromatic nitrogens is 3. The van der Waals surface area contributed by atoms with E-state index < -0.39 is 0 Å². The van der Waals surface area contributed by atoms with Crippen molar-refractivity contribution in [2.75, 3.05) is 0 Å². The Labute approximate surface area is 140 Å². The molecule has 0 aliphatic carbocycles. The van der Waals surface area contributed by atoms with Crippen LogP contribution in [0.2, 0.25) is 0 Å². The zero-order valence-corrected chi connectivity index (χ0v) is 14.1. The average molecular weight is 325 g/mol. The number of benzene rings is 2. The van der Waals surface area contributed by atoms with E-state index in [-0.39, 0.29) is 0 Å². The second-order valence-electron chi connectivity index (χ2n) is 5.40. The van der Waals surface area contributed by atoms with Crippen LogP contribution in [0.1, 0.15) is 23.9 Å². The van der Waals surface area contributed by atoms with Crippen molar-refractivity contribution in [1.29, 1.82) is 0 Å². The van der Waals surface area contributed by atoms with Crippen LogP contribution in [0.5, 0.6) is 5.75 Å². The summed E-state index contributed by atoms with van der Waals surface area (Å²) in [7, 11) is 0. The van der Waals surface area contributed by atoms with Crippen molar-refractivity contribution in [3.8, 4) is 11.4 Å². The molecular formula is C18H19N3OS. The molecule has 3 aromatic rings. The Hall–Kier alpha value is -2.40. The van der Waals surface area contributed by atoms with Gasteiger partial charge in [0.1, 0.15) is 12.4 Å². The lowest BCUT2D eigenvalue weighted by atomic mass is 10.2. The summed E-state index contributed by atoms with van der Waals surface area (Å²) in [4.78, 5) is 0. The van der Waals surface area contributed by atoms with Crippen LogP contribution in [0, 0.1) is 11.7 Å². The number of nitrogens with zero attached hydrogens (tertiary/aromatic N) is 2. The molecule has 0 aliphatic rings. The van der Waals surface area contributed by atoms with Gasteiger partial charge in [-0.25, -0.2) is 0 Å². The Morgan fingerprint density at radius 2 is 1.78 bits per heavy atom. The van der Waals surface area contributed by atoms with Gasteiger partial charge in [-0.2, -0.15) is 5.10 Å². The Morgan fingerprint density at radius 1 is 1.09 bits per heavy atom. The summed E-state index contributed by atoms with van der Waals surface area (Å²) >= 11 is 5.34. The van der Waals surface area contributed by atoms with Gasteiger partial charge in [0, 0.05) is 5.69 Å². The highest BCUT2D eigenvalue weighted by molar-refractivity contribution is 7.71. The molecule has 5 heteroatoms. The van der Waals surface area contributed by atoms with Crippen molar-refractivity contribution >= 4 is 12.2 Å². The number of hydrogen-bond acceptors (Lipinski definition) is 3. The van der Waals surface area contributed by atoms with Gasteiger partial charge < -0.3 is 4.74 Å². The normalized spacial score (nSPS) is 10.7. The summed E-state index contributed by atoms with van der Waals surface area (Å²) in [5.74, 6) is 1.57. The molecule has 0 spiro atoms. The third kappa shape index (κ3) is 3.51. The van der Waals surface area contributed by atoms with Crippen LogP contribution in [0.25, 0.3) is 5.69 Å². The van der Waals surface area contributed by atoms with Crippen LogP contribution >= 0.6 is 12.2 Å². The second-order valence-corrected chi connectivity index (χ2v) is 5.79. The first-order valence-corrected chi connectivity index (χ1v) is 8.03. The molecule has 1 N–H and O–H groups in total. The summed E-state index contributed by atoms with van der Waals surface area (Å²) in [5, 5.41) is 7.12. The number of nitrogens with one attached hydrogen (secondary N) is 1. The molecule has 0 saturated heterocycles. The Morgan fingerprint density at radius 3 is 2.43 bits per heavy atom. The van der Waals surface area contributed by atoms with Gasteiger partial charge in [0.2, 0.25) is 0 Å². The van der Waals surface area contributed by atoms with E-state index in [1.165, 1.54) is 11.1 Å². The van der Waals surface area contributed by atoms with Gasteiger partial charge in [-0.15, -0.1) is 0 Å². The third-order valence-electron chi connectivity index (χ3n) is 3.73. The highest BCUT2D eigenvalue weighted by Crippen LogP contribution is 2.16. The highest BCUT2D eigenvalue weighted by atomic mass is 32.1. The fourth-order valence-corrected chi connectivity index (χ4v) is 2.61. The number of rotatable bonds is 5. The zero-order chi connectivity index (χ0) is 16.2. The summed E-state index contributed by atoms with van der Waals surface area (Å²) < 4.78 is 8.30. The van der Waals surface area contributed by atoms with Gasteiger partial charge >= 0.3 is 0 Å². The van der Waals surface area contributed by atoms with E-state index >= 15 is 0 Å². The first-order valence-electron chi connectivity index (χ1n) is 7.62. The number of hydrogen-bond donors (Lipinski definition) is 1. The summed E-state index contributed by atoms with van der Waals surface area (Å²) in [6.07, 6.45) is 1.02. The van der Waals surface area contributed by atoms with Crippen LogP contribution in [0.15, 0.2) is 48.5 Å². The van der Waals surface area contributed by atoms with Crippen molar-refractivity contribution in [1.82, 2.24) is 14.8 Å². The molecule has 0 saturated carbocycles. The minimum Gasteiger partial charge on any atom is -0.486 e. The standard InChI is InChI=1S/C18H19N3OS/c1-3-14-6-10-16(11-7-14)22-12-17-19-20-18(23)21(17)15-8-4-13(2)5-9-15/h4-11H,3,12H2,1-2H3,(H,20,23). The molecular weight excluding hydrogens is 306 g/mol. The minimum atomic E-state index is 0.354. The quantitative estimate of drug-likeness (QED) is 0.708. The van der Waals surface area contributed by atoms with Crippen molar-refractivity contribution in [2.24, 2.45) is 0 Å². The maximum Gasteiger partial charge on any atom is 0.199 e. The van der Waals surface area contributed by atoms with Gasteiger partial charge in [-0.1, -0.05) is 36.8 Å². The molecule has 1 aromatic heterocycles. The molecule has 0 unspecified atom stereocenters. The van der Waals surface area contributed by atoms with Crippen molar-refractivity contribution in [2.45, 2.75) is 26.9 Å². The predicted octanol–water partition coefficient (Wildman–Crippen LogP) is 4.38. The summed E-state index contributed by atoms with van der Waals surface area (Å²) in [6.45, 7) is 4.55. The van der Waals surface area contributed by atoms with Gasteiger partial charge in [0.15, 0.2) is 10.6 Å². The van der Waals surface area contributed by atoms with Gasteiger partial charge in [-0.05, 0) is 55.4 Å². The molecule has 2 aromatic carbocycles. The maximum absolute atomic E-state index is 5.84. The lowest BCUT2D eigenvalue weighted by Gasteiger charge is -2.09. The van der Waals surface area contributed by atoms with E-state index in [1.54, 1.807) is 0 Å². The molecule has 0 bridgehead atoms. The molecule has 23 heavy (non-hydrogen) atoms. The van der Waals surface area contributed by atoms with Crippen molar-refractivity contribution in [3.05, 3.63) is 70.3 Å². The summed E-state index contributed by atoms with van der Waals surface area (Å²) in [6, 6.07) is 16.3. The largest absolute Gasteiger partial charge is 0.486 e. The first kappa shape index (κ1) is 15.5. The smallest absolute Gasteiger partial charge is 0.199 e. The van der Waals surface area contributed by atoms with Gasteiger partial charge in [-0.3, -0.25) is 9.67 Å². The fourth-order valence-electron chi connectivity index (χ4n) is 2.36. The molecule has 4 nitrogen and oxygen atoms in total. The topological polar surface area (TPSA) is 42.8 Å². The van der Waals surface area contributed by atoms with Crippen LogP contribution < -0.4 is 4.74 Å². The molecule has 1 heterocycles. The molecule has 0 fully saturated rings. The Kier molecular flexibility index (Phi) is 4.57. The average Bonchev–Trinajstić information content (AvgIpc) is 2.95. The van der Waals surface area contributed by atoms with Crippen LogP contribution in [0.4, 0.5) is 0 Å². The van der Waals surface area contributed by atoms with Crippen LogP contribution in [0.3, 0.4) is 0 Å². The minimum absolute atomic E-state index is 0.354. The van der Waals surface area contributed by atoms with Crippen LogP contribution in [-0.2, 0) is 13.0 Å². The van der Waals surface area contributed by atoms with Crippen molar-refractivity contribution in [3.63, 3.8) is 0 Å². The molecule has 0 aliphatic heterocycles. The lowest BCUT2D eigenvalue weighted by molar-refractivity contribution is 0.293. The van der Waals surface area contributed by atoms with E-state index in [0.717, 1.165) is 23.7 Å².